The van der Waals surface area contributed by atoms with Gasteiger partial charge in [0.1, 0.15) is 23.0 Å². The third-order valence-electron chi connectivity index (χ3n) is 7.94. The molecule has 0 radical (unpaired) electrons. The van der Waals surface area contributed by atoms with Crippen LogP contribution in [-0.2, 0) is 5.41 Å². The molecule has 3 nitrogen and oxygen atoms in total. The summed E-state index contributed by atoms with van der Waals surface area (Å²) in [5.41, 5.74) is 8.69. The molecule has 2 aliphatic heterocycles. The molecule has 2 aliphatic rings. The number of allylic oxidation sites excluding steroid dienone is 3. The number of ether oxygens (including phenoxy) is 2. The van der Waals surface area contributed by atoms with Crippen LogP contribution in [0.5, 0.6) is 17.2 Å². The summed E-state index contributed by atoms with van der Waals surface area (Å²) >= 11 is 0. The van der Waals surface area contributed by atoms with Gasteiger partial charge in [-0.05, 0) is 88.8 Å². The van der Waals surface area contributed by atoms with E-state index >= 15 is 0 Å². The van der Waals surface area contributed by atoms with Crippen LogP contribution in [0.25, 0.3) is 27.5 Å². The molecular weight excluding hydrogens is 502 g/mol. The lowest BCUT2D eigenvalue weighted by Gasteiger charge is -2.30. The first-order valence-corrected chi connectivity index (χ1v) is 13.9. The maximum atomic E-state index is 6.62. The first kappa shape index (κ1) is 25.0. The van der Waals surface area contributed by atoms with Crippen molar-refractivity contribution in [3.63, 3.8) is 0 Å². The number of anilines is 3. The fourth-order valence-corrected chi connectivity index (χ4v) is 5.84. The highest BCUT2D eigenvalue weighted by molar-refractivity contribution is 6.13. The van der Waals surface area contributed by atoms with Gasteiger partial charge in [-0.1, -0.05) is 70.3 Å². The number of fused-ring (bicyclic) bond motifs is 2. The van der Waals surface area contributed by atoms with Crippen molar-refractivity contribution in [2.45, 2.75) is 26.2 Å². The molecule has 3 heteroatoms. The van der Waals surface area contributed by atoms with E-state index in [1.165, 1.54) is 5.56 Å². The quantitative estimate of drug-likeness (QED) is 0.225. The molecule has 2 heterocycles. The molecule has 0 fully saturated rings. The van der Waals surface area contributed by atoms with E-state index in [2.05, 4.69) is 118 Å². The van der Waals surface area contributed by atoms with Crippen LogP contribution in [0.3, 0.4) is 0 Å². The summed E-state index contributed by atoms with van der Waals surface area (Å²) in [7, 11) is 0. The van der Waals surface area contributed by atoms with Gasteiger partial charge in [0.2, 0.25) is 0 Å². The summed E-state index contributed by atoms with van der Waals surface area (Å²) in [6.07, 6.45) is 3.58. The van der Waals surface area contributed by atoms with Crippen molar-refractivity contribution in [2.24, 2.45) is 0 Å². The van der Waals surface area contributed by atoms with Crippen molar-refractivity contribution in [2.75, 3.05) is 4.90 Å². The van der Waals surface area contributed by atoms with E-state index in [1.54, 1.807) is 6.08 Å². The predicted molar refractivity (Wildman–Crippen MR) is 171 cm³/mol. The second kappa shape index (κ2) is 9.28. The Bertz CT molecular complexity index is 1890. The highest BCUT2D eigenvalue weighted by atomic mass is 16.5. The monoisotopic (exact) mass is 533 g/mol. The molecule has 0 bridgehead atoms. The van der Waals surface area contributed by atoms with E-state index in [0.717, 1.165) is 67.3 Å². The Hall–Kier alpha value is -5.02. The third-order valence-corrected chi connectivity index (χ3v) is 7.94. The topological polar surface area (TPSA) is 21.7 Å². The van der Waals surface area contributed by atoms with Gasteiger partial charge in [-0.25, -0.2) is 0 Å². The summed E-state index contributed by atoms with van der Waals surface area (Å²) in [6, 6.07) is 34.1. The molecule has 0 amide bonds. The van der Waals surface area contributed by atoms with Crippen LogP contribution < -0.4 is 14.4 Å². The Morgan fingerprint density at radius 3 is 1.95 bits per heavy atom. The van der Waals surface area contributed by atoms with E-state index in [1.807, 2.05) is 24.3 Å². The van der Waals surface area contributed by atoms with Crippen molar-refractivity contribution in [3.8, 4) is 28.4 Å². The van der Waals surface area contributed by atoms with Gasteiger partial charge in [0.15, 0.2) is 0 Å². The van der Waals surface area contributed by atoms with Crippen molar-refractivity contribution in [1.82, 2.24) is 0 Å². The van der Waals surface area contributed by atoms with E-state index < -0.39 is 0 Å². The molecule has 7 rings (SSSR count). The van der Waals surface area contributed by atoms with Gasteiger partial charge in [-0.2, -0.15) is 0 Å². The Morgan fingerprint density at radius 2 is 1.24 bits per heavy atom. The number of rotatable bonds is 4. The molecule has 0 aromatic heterocycles. The van der Waals surface area contributed by atoms with Gasteiger partial charge >= 0.3 is 0 Å². The van der Waals surface area contributed by atoms with E-state index in [9.17, 15) is 0 Å². The predicted octanol–water partition coefficient (Wildman–Crippen LogP) is 10.9. The molecule has 0 unspecified atom stereocenters. The SMILES string of the molecule is C=CC=C1Oc2ccc3c4c(ccc(c24)C1=C)Oc1cc(N(c2ccccc2)c2ccc(C(C)(C)C)cc2)ccc1-3. The Kier molecular flexibility index (Phi) is 5.65. The minimum atomic E-state index is 0.0886. The molecule has 5 aromatic rings. The number of hydrogen-bond acceptors (Lipinski definition) is 3. The maximum absolute atomic E-state index is 6.62. The molecule has 41 heavy (non-hydrogen) atoms. The van der Waals surface area contributed by atoms with Gasteiger partial charge in [0.25, 0.3) is 0 Å². The molecule has 0 spiro atoms. The lowest BCUT2D eigenvalue weighted by molar-refractivity contribution is 0.449. The van der Waals surface area contributed by atoms with Crippen LogP contribution in [0.2, 0.25) is 0 Å². The molecule has 0 aliphatic carbocycles. The second-order valence-electron chi connectivity index (χ2n) is 11.6. The van der Waals surface area contributed by atoms with Gasteiger partial charge in [-0.15, -0.1) is 0 Å². The zero-order chi connectivity index (χ0) is 28.3. The lowest BCUT2D eigenvalue weighted by Crippen LogP contribution is -2.13. The van der Waals surface area contributed by atoms with E-state index in [4.69, 9.17) is 9.47 Å². The van der Waals surface area contributed by atoms with Gasteiger partial charge in [0.05, 0.1) is 0 Å². The highest BCUT2D eigenvalue weighted by Crippen LogP contribution is 2.53. The number of hydrogen-bond donors (Lipinski definition) is 0. The number of nitrogens with zero attached hydrogens (tertiary/aromatic N) is 1. The van der Waals surface area contributed by atoms with Crippen LogP contribution in [-0.4, -0.2) is 0 Å². The van der Waals surface area contributed by atoms with Crippen molar-refractivity contribution in [1.29, 1.82) is 0 Å². The smallest absolute Gasteiger partial charge is 0.137 e. The molecule has 200 valence electrons. The summed E-state index contributed by atoms with van der Waals surface area (Å²) in [4.78, 5) is 2.27. The Balaban J connectivity index is 1.36. The average molecular weight is 534 g/mol. The Morgan fingerprint density at radius 1 is 0.634 bits per heavy atom. The molecule has 0 saturated heterocycles. The summed E-state index contributed by atoms with van der Waals surface area (Å²) in [5.74, 6) is 3.17. The molecule has 0 atom stereocenters. The fraction of sp³-hybridized carbons (Fsp3) is 0.105. The zero-order valence-electron chi connectivity index (χ0n) is 23.6. The van der Waals surface area contributed by atoms with Crippen LogP contribution in [0.1, 0.15) is 31.9 Å². The van der Waals surface area contributed by atoms with Crippen LogP contribution in [0.15, 0.2) is 128 Å². The minimum Gasteiger partial charge on any atom is -0.456 e. The summed E-state index contributed by atoms with van der Waals surface area (Å²) in [6.45, 7) is 14.8. The third kappa shape index (κ3) is 4.05. The normalized spacial score (nSPS) is 14.3. The minimum absolute atomic E-state index is 0.0886. The second-order valence-corrected chi connectivity index (χ2v) is 11.6. The summed E-state index contributed by atoms with van der Waals surface area (Å²) in [5, 5.41) is 2.09. The highest BCUT2D eigenvalue weighted by Gasteiger charge is 2.29. The van der Waals surface area contributed by atoms with Crippen LogP contribution in [0, 0.1) is 0 Å². The first-order chi connectivity index (χ1) is 19.8. The van der Waals surface area contributed by atoms with Crippen LogP contribution >= 0.6 is 0 Å². The first-order valence-electron chi connectivity index (χ1n) is 13.9. The fourth-order valence-electron chi connectivity index (χ4n) is 5.84. The van der Waals surface area contributed by atoms with Gasteiger partial charge in [-0.3, -0.25) is 0 Å². The standard InChI is InChI=1S/C38H31NO2/c1-6-10-32-24(2)29-19-21-34-37-31(20-22-33(40-32)36(29)37)30-18-17-28(23-35(30)41-34)39(26-11-8-7-9-12-26)27-15-13-25(14-16-27)38(3,4)5/h6-23H,1-2H2,3-5H3. The molecule has 0 saturated carbocycles. The Labute approximate surface area is 241 Å². The number of para-hydroxylation sites is 1. The van der Waals surface area contributed by atoms with E-state index in [-0.39, 0.29) is 5.41 Å². The largest absolute Gasteiger partial charge is 0.456 e. The molecule has 0 N–H and O–H groups in total. The van der Waals surface area contributed by atoms with Crippen LogP contribution in [0.4, 0.5) is 17.1 Å². The molecular formula is C38H31NO2. The van der Waals surface area contributed by atoms with Crippen molar-refractivity contribution in [3.05, 3.63) is 139 Å². The average Bonchev–Trinajstić information content (AvgIpc) is 2.98. The number of benzene rings is 5. The van der Waals surface area contributed by atoms with Gasteiger partial charge < -0.3 is 14.4 Å². The lowest BCUT2D eigenvalue weighted by atomic mass is 9.87. The van der Waals surface area contributed by atoms with Crippen molar-refractivity contribution < 1.29 is 9.47 Å². The molecule has 5 aromatic carbocycles. The zero-order valence-corrected chi connectivity index (χ0v) is 23.6. The maximum Gasteiger partial charge on any atom is 0.137 e. The van der Waals surface area contributed by atoms with Gasteiger partial charge in [0, 0.05) is 45.0 Å². The van der Waals surface area contributed by atoms with Crippen molar-refractivity contribution >= 4 is 33.4 Å². The van der Waals surface area contributed by atoms with E-state index in [0.29, 0.717) is 5.76 Å². The summed E-state index contributed by atoms with van der Waals surface area (Å²) < 4.78 is 12.9.